The molecule has 0 bridgehead atoms. The van der Waals surface area contributed by atoms with E-state index in [2.05, 4.69) is 5.32 Å². The SMILES string of the molecule is CC.CCC(=O)NC(=O)/C(=C/c1ccc(Cl)cc1)c1ccc(F)cc1. The standard InChI is InChI=1S/C18H15ClFNO2.C2H6/c1-2-17(22)21-18(23)16(13-5-9-15(20)10-6-13)11-12-3-7-14(19)8-4-12;1-2/h3-11H,2H2,1H3,(H,21,22,23);1-2H3/b16-11+;. The summed E-state index contributed by atoms with van der Waals surface area (Å²) in [7, 11) is 0. The van der Waals surface area contributed by atoms with E-state index in [1.807, 2.05) is 13.8 Å². The van der Waals surface area contributed by atoms with E-state index in [-0.39, 0.29) is 17.9 Å². The molecule has 0 aliphatic carbocycles. The Morgan fingerprint density at radius 2 is 1.60 bits per heavy atom. The lowest BCUT2D eigenvalue weighted by molar-refractivity contribution is -0.127. The molecular weight excluding hydrogens is 341 g/mol. The zero-order chi connectivity index (χ0) is 18.8. The van der Waals surface area contributed by atoms with Crippen LogP contribution in [0.5, 0.6) is 0 Å². The largest absolute Gasteiger partial charge is 0.292 e. The Morgan fingerprint density at radius 1 is 1.04 bits per heavy atom. The lowest BCUT2D eigenvalue weighted by Gasteiger charge is -2.08. The van der Waals surface area contributed by atoms with E-state index in [9.17, 15) is 14.0 Å². The molecule has 0 radical (unpaired) electrons. The fraction of sp³-hybridized carbons (Fsp3) is 0.200. The highest BCUT2D eigenvalue weighted by Gasteiger charge is 2.14. The first-order valence-corrected chi connectivity index (χ1v) is 8.44. The van der Waals surface area contributed by atoms with E-state index in [1.54, 1.807) is 37.3 Å². The van der Waals surface area contributed by atoms with Crippen molar-refractivity contribution in [2.75, 3.05) is 0 Å². The molecule has 132 valence electrons. The summed E-state index contributed by atoms with van der Waals surface area (Å²) < 4.78 is 13.1. The Kier molecular flexibility index (Phi) is 8.57. The molecule has 2 aromatic rings. The molecule has 2 amide bonds. The topological polar surface area (TPSA) is 46.2 Å². The van der Waals surface area contributed by atoms with Crippen LogP contribution in [0.4, 0.5) is 4.39 Å². The summed E-state index contributed by atoms with van der Waals surface area (Å²) in [5, 5.41) is 2.89. The molecule has 0 atom stereocenters. The monoisotopic (exact) mass is 361 g/mol. The Hall–Kier alpha value is -2.46. The van der Waals surface area contributed by atoms with Gasteiger partial charge in [-0.2, -0.15) is 0 Å². The number of halogens is 2. The van der Waals surface area contributed by atoms with Gasteiger partial charge < -0.3 is 0 Å². The molecule has 0 aromatic heterocycles. The van der Waals surface area contributed by atoms with Gasteiger partial charge in [0.1, 0.15) is 5.82 Å². The normalized spacial score (nSPS) is 10.5. The number of carbonyl (C=O) groups is 2. The highest BCUT2D eigenvalue weighted by molar-refractivity contribution is 6.30. The summed E-state index contributed by atoms with van der Waals surface area (Å²) >= 11 is 5.85. The first kappa shape index (κ1) is 20.6. The molecule has 0 saturated carbocycles. The van der Waals surface area contributed by atoms with Gasteiger partial charge in [-0.3, -0.25) is 14.9 Å². The van der Waals surface area contributed by atoms with Crippen LogP contribution in [-0.4, -0.2) is 11.8 Å². The first-order chi connectivity index (χ1) is 12.0. The quantitative estimate of drug-likeness (QED) is 0.608. The summed E-state index contributed by atoms with van der Waals surface area (Å²) in [4.78, 5) is 23.8. The van der Waals surface area contributed by atoms with Crippen LogP contribution in [0.25, 0.3) is 11.6 Å². The molecule has 0 heterocycles. The van der Waals surface area contributed by atoms with Crippen molar-refractivity contribution in [1.82, 2.24) is 5.32 Å². The van der Waals surface area contributed by atoms with Gasteiger partial charge in [-0.05, 0) is 41.5 Å². The molecule has 0 fully saturated rings. The van der Waals surface area contributed by atoms with Crippen LogP contribution < -0.4 is 5.32 Å². The molecule has 1 N–H and O–H groups in total. The second-order valence-electron chi connectivity index (χ2n) is 4.85. The van der Waals surface area contributed by atoms with E-state index in [0.717, 1.165) is 5.56 Å². The van der Waals surface area contributed by atoms with Crippen LogP contribution in [-0.2, 0) is 9.59 Å². The minimum absolute atomic E-state index is 0.198. The van der Waals surface area contributed by atoms with Crippen molar-refractivity contribution >= 4 is 35.1 Å². The van der Waals surface area contributed by atoms with Crippen LogP contribution >= 0.6 is 11.6 Å². The van der Waals surface area contributed by atoms with Gasteiger partial charge in [-0.25, -0.2) is 4.39 Å². The maximum Gasteiger partial charge on any atom is 0.258 e. The zero-order valence-corrected chi connectivity index (χ0v) is 15.2. The number of hydrogen-bond acceptors (Lipinski definition) is 2. The number of amides is 2. The van der Waals surface area contributed by atoms with Gasteiger partial charge in [0.05, 0.1) is 0 Å². The highest BCUT2D eigenvalue weighted by atomic mass is 35.5. The Labute approximate surface area is 152 Å². The van der Waals surface area contributed by atoms with Gasteiger partial charge in [0.2, 0.25) is 5.91 Å². The van der Waals surface area contributed by atoms with Crippen molar-refractivity contribution < 1.29 is 14.0 Å². The van der Waals surface area contributed by atoms with E-state index < -0.39 is 11.7 Å². The van der Waals surface area contributed by atoms with Gasteiger partial charge in [-0.15, -0.1) is 0 Å². The summed E-state index contributed by atoms with van der Waals surface area (Å²) in [6.45, 7) is 5.66. The van der Waals surface area contributed by atoms with Crippen LogP contribution in [0.15, 0.2) is 48.5 Å². The lowest BCUT2D eigenvalue weighted by Crippen LogP contribution is -2.30. The van der Waals surface area contributed by atoms with Crippen LogP contribution in [0.3, 0.4) is 0 Å². The number of benzene rings is 2. The van der Waals surface area contributed by atoms with Gasteiger partial charge in [-0.1, -0.05) is 56.6 Å². The van der Waals surface area contributed by atoms with Crippen LogP contribution in [0.2, 0.25) is 5.02 Å². The third-order valence-electron chi connectivity index (χ3n) is 3.15. The Morgan fingerprint density at radius 3 is 2.12 bits per heavy atom. The molecule has 0 spiro atoms. The maximum absolute atomic E-state index is 13.1. The molecule has 2 aromatic carbocycles. The summed E-state index contributed by atoms with van der Waals surface area (Å²) in [5.41, 5.74) is 1.53. The van der Waals surface area contributed by atoms with Crippen molar-refractivity contribution in [3.05, 3.63) is 70.5 Å². The number of nitrogens with one attached hydrogen (secondary N) is 1. The second-order valence-corrected chi connectivity index (χ2v) is 5.28. The highest BCUT2D eigenvalue weighted by Crippen LogP contribution is 2.20. The molecule has 2 rings (SSSR count). The minimum atomic E-state index is -0.529. The Bertz CT molecular complexity index is 737. The molecule has 25 heavy (non-hydrogen) atoms. The van der Waals surface area contributed by atoms with E-state index in [1.165, 1.54) is 24.3 Å². The predicted molar refractivity (Wildman–Crippen MR) is 101 cm³/mol. The molecule has 5 heteroatoms. The fourth-order valence-corrected chi connectivity index (χ4v) is 2.04. The number of rotatable bonds is 4. The molecule has 0 unspecified atom stereocenters. The molecule has 0 aliphatic heterocycles. The number of imide groups is 1. The third-order valence-corrected chi connectivity index (χ3v) is 3.41. The third kappa shape index (κ3) is 6.51. The van der Waals surface area contributed by atoms with Crippen molar-refractivity contribution in [3.8, 4) is 0 Å². The smallest absolute Gasteiger partial charge is 0.258 e. The molecule has 0 saturated heterocycles. The van der Waals surface area contributed by atoms with Gasteiger partial charge in [0.15, 0.2) is 0 Å². The second kappa shape index (κ2) is 10.4. The van der Waals surface area contributed by atoms with Crippen LogP contribution in [0, 0.1) is 5.82 Å². The Balaban J connectivity index is 0.00000151. The van der Waals surface area contributed by atoms with E-state index in [0.29, 0.717) is 10.6 Å². The maximum atomic E-state index is 13.1. The van der Waals surface area contributed by atoms with Crippen molar-refractivity contribution in [2.24, 2.45) is 0 Å². The molecule has 3 nitrogen and oxygen atoms in total. The van der Waals surface area contributed by atoms with Crippen molar-refractivity contribution in [3.63, 3.8) is 0 Å². The first-order valence-electron chi connectivity index (χ1n) is 8.07. The summed E-state index contributed by atoms with van der Waals surface area (Å²) in [5.74, 6) is -1.30. The van der Waals surface area contributed by atoms with Crippen molar-refractivity contribution in [2.45, 2.75) is 27.2 Å². The average Bonchev–Trinajstić information content (AvgIpc) is 2.63. The van der Waals surface area contributed by atoms with E-state index >= 15 is 0 Å². The van der Waals surface area contributed by atoms with Crippen LogP contribution in [0.1, 0.15) is 38.3 Å². The molecular formula is C20H21ClFNO2. The van der Waals surface area contributed by atoms with Gasteiger partial charge >= 0.3 is 0 Å². The predicted octanol–water partition coefficient (Wildman–Crippen LogP) is 5.10. The zero-order valence-electron chi connectivity index (χ0n) is 14.5. The lowest BCUT2D eigenvalue weighted by atomic mass is 10.0. The van der Waals surface area contributed by atoms with E-state index in [4.69, 9.17) is 11.6 Å². The summed E-state index contributed by atoms with van der Waals surface area (Å²) in [6.07, 6.45) is 1.82. The number of carbonyl (C=O) groups excluding carboxylic acids is 2. The van der Waals surface area contributed by atoms with Gasteiger partial charge in [0, 0.05) is 17.0 Å². The molecule has 0 aliphatic rings. The average molecular weight is 362 g/mol. The van der Waals surface area contributed by atoms with Crippen molar-refractivity contribution in [1.29, 1.82) is 0 Å². The summed E-state index contributed by atoms with van der Waals surface area (Å²) in [6, 6.07) is 12.4. The van der Waals surface area contributed by atoms with Gasteiger partial charge in [0.25, 0.3) is 5.91 Å². The number of hydrogen-bond donors (Lipinski definition) is 1. The fourth-order valence-electron chi connectivity index (χ4n) is 1.92. The minimum Gasteiger partial charge on any atom is -0.292 e.